The molecule has 4 rings (SSSR count). The summed E-state index contributed by atoms with van der Waals surface area (Å²) in [5.41, 5.74) is 4.40. The third-order valence-corrected chi connectivity index (χ3v) is 5.32. The largest absolute Gasteiger partial charge is 0.356 e. The van der Waals surface area contributed by atoms with Crippen molar-refractivity contribution < 1.29 is 4.79 Å². The number of benzene rings is 2. The predicted octanol–water partition coefficient (Wildman–Crippen LogP) is 5.61. The molecular formula is C21H22ClN3O. The number of amides is 2. The number of carbonyl (C=O) groups excluding carboxylic acids is 1. The first-order chi connectivity index (χ1) is 12.5. The highest BCUT2D eigenvalue weighted by Gasteiger charge is 2.35. The summed E-state index contributed by atoms with van der Waals surface area (Å²) in [6.45, 7) is 5.03. The number of halogens is 1. The van der Waals surface area contributed by atoms with Crippen molar-refractivity contribution in [3.8, 4) is 0 Å². The lowest BCUT2D eigenvalue weighted by atomic mass is 9.90. The smallest absolute Gasteiger partial charge is 0.322 e. The molecule has 4 nitrogen and oxygen atoms in total. The number of carbonyl (C=O) groups is 1. The molecule has 1 aliphatic heterocycles. The Balaban J connectivity index is 1.66. The molecule has 0 aliphatic carbocycles. The Morgan fingerprint density at radius 3 is 2.65 bits per heavy atom. The van der Waals surface area contributed by atoms with Crippen LogP contribution in [-0.4, -0.2) is 22.5 Å². The first-order valence-electron chi connectivity index (χ1n) is 8.97. The van der Waals surface area contributed by atoms with Crippen LogP contribution in [0.25, 0.3) is 10.9 Å². The van der Waals surface area contributed by atoms with Gasteiger partial charge in [0, 0.05) is 33.9 Å². The average Bonchev–Trinajstić information content (AvgIpc) is 3.01. The van der Waals surface area contributed by atoms with Gasteiger partial charge in [-0.2, -0.15) is 0 Å². The number of rotatable bonds is 2. The quantitative estimate of drug-likeness (QED) is 0.607. The highest BCUT2D eigenvalue weighted by molar-refractivity contribution is 6.30. The lowest BCUT2D eigenvalue weighted by molar-refractivity contribution is 0.159. The Morgan fingerprint density at radius 1 is 1.19 bits per heavy atom. The number of hydrogen-bond donors (Lipinski definition) is 2. The molecule has 134 valence electrons. The van der Waals surface area contributed by atoms with E-state index in [-0.39, 0.29) is 12.1 Å². The Morgan fingerprint density at radius 2 is 1.92 bits per heavy atom. The van der Waals surface area contributed by atoms with Gasteiger partial charge >= 0.3 is 6.03 Å². The molecule has 0 saturated heterocycles. The van der Waals surface area contributed by atoms with Crippen LogP contribution in [0.5, 0.6) is 0 Å². The highest BCUT2D eigenvalue weighted by Crippen LogP contribution is 2.38. The van der Waals surface area contributed by atoms with E-state index < -0.39 is 0 Å². The predicted molar refractivity (Wildman–Crippen MR) is 107 cm³/mol. The maximum Gasteiger partial charge on any atom is 0.322 e. The van der Waals surface area contributed by atoms with Crippen molar-refractivity contribution in [2.45, 2.75) is 26.3 Å². The molecular weight excluding hydrogens is 346 g/mol. The monoisotopic (exact) mass is 367 g/mol. The second kappa shape index (κ2) is 6.69. The number of nitrogens with zero attached hydrogens (tertiary/aromatic N) is 1. The van der Waals surface area contributed by atoms with Crippen LogP contribution in [-0.2, 0) is 6.42 Å². The van der Waals surface area contributed by atoms with Gasteiger partial charge < -0.3 is 15.2 Å². The van der Waals surface area contributed by atoms with Crippen molar-refractivity contribution in [1.82, 2.24) is 9.88 Å². The molecule has 0 bridgehead atoms. The second-order valence-corrected chi connectivity index (χ2v) is 7.57. The van der Waals surface area contributed by atoms with Gasteiger partial charge in [-0.1, -0.05) is 43.6 Å². The summed E-state index contributed by atoms with van der Waals surface area (Å²) in [5, 5.41) is 4.93. The topological polar surface area (TPSA) is 48.1 Å². The third-order valence-electron chi connectivity index (χ3n) is 5.07. The molecule has 1 aliphatic rings. The number of aromatic amines is 1. The molecule has 0 saturated carbocycles. The molecule has 0 spiro atoms. The Kier molecular flexibility index (Phi) is 4.37. The summed E-state index contributed by atoms with van der Waals surface area (Å²) in [7, 11) is 0. The molecule has 26 heavy (non-hydrogen) atoms. The summed E-state index contributed by atoms with van der Waals surface area (Å²) in [6, 6.07) is 15.5. The number of urea groups is 1. The van der Waals surface area contributed by atoms with Crippen LogP contribution in [0.3, 0.4) is 0 Å². The second-order valence-electron chi connectivity index (χ2n) is 7.13. The summed E-state index contributed by atoms with van der Waals surface area (Å²) in [6.07, 6.45) is 0.858. The molecule has 2 heterocycles. The molecule has 0 radical (unpaired) electrons. The maximum atomic E-state index is 13.0. The number of para-hydroxylation sites is 1. The van der Waals surface area contributed by atoms with E-state index >= 15 is 0 Å². The molecule has 5 heteroatoms. The molecule has 0 fully saturated rings. The van der Waals surface area contributed by atoms with Gasteiger partial charge in [-0.3, -0.25) is 0 Å². The van der Waals surface area contributed by atoms with Crippen molar-refractivity contribution >= 4 is 34.2 Å². The number of hydrogen-bond acceptors (Lipinski definition) is 1. The van der Waals surface area contributed by atoms with Gasteiger partial charge in [0.2, 0.25) is 0 Å². The van der Waals surface area contributed by atoms with Gasteiger partial charge in [0.1, 0.15) is 0 Å². The van der Waals surface area contributed by atoms with Crippen molar-refractivity contribution in [2.75, 3.05) is 11.9 Å². The van der Waals surface area contributed by atoms with Crippen LogP contribution in [0, 0.1) is 5.92 Å². The summed E-state index contributed by atoms with van der Waals surface area (Å²) >= 11 is 5.93. The highest BCUT2D eigenvalue weighted by atomic mass is 35.5. The van der Waals surface area contributed by atoms with Gasteiger partial charge in [-0.25, -0.2) is 4.79 Å². The number of aromatic nitrogens is 1. The van der Waals surface area contributed by atoms with E-state index in [2.05, 4.69) is 42.3 Å². The summed E-state index contributed by atoms with van der Waals surface area (Å²) < 4.78 is 0. The normalized spacial score (nSPS) is 16.8. The minimum atomic E-state index is -0.0738. The fourth-order valence-electron chi connectivity index (χ4n) is 3.92. The molecule has 1 aromatic heterocycles. The van der Waals surface area contributed by atoms with Gasteiger partial charge in [-0.15, -0.1) is 0 Å². The van der Waals surface area contributed by atoms with Crippen LogP contribution in [0.15, 0.2) is 48.5 Å². The average molecular weight is 368 g/mol. The van der Waals surface area contributed by atoms with Gasteiger partial charge in [0.15, 0.2) is 0 Å². The van der Waals surface area contributed by atoms with Crippen LogP contribution in [0.2, 0.25) is 5.02 Å². The van der Waals surface area contributed by atoms with E-state index in [9.17, 15) is 4.79 Å². The van der Waals surface area contributed by atoms with Crippen LogP contribution in [0.1, 0.15) is 31.1 Å². The van der Waals surface area contributed by atoms with Crippen molar-refractivity contribution in [1.29, 1.82) is 0 Å². The van der Waals surface area contributed by atoms with Crippen LogP contribution < -0.4 is 5.32 Å². The number of nitrogens with one attached hydrogen (secondary N) is 2. The van der Waals surface area contributed by atoms with E-state index in [1.165, 1.54) is 16.6 Å². The van der Waals surface area contributed by atoms with E-state index in [0.29, 0.717) is 17.5 Å². The van der Waals surface area contributed by atoms with Crippen molar-refractivity contribution in [3.05, 3.63) is 64.8 Å². The fraction of sp³-hybridized carbons (Fsp3) is 0.286. The van der Waals surface area contributed by atoms with Crippen LogP contribution >= 0.6 is 11.6 Å². The molecule has 2 amide bonds. The summed E-state index contributed by atoms with van der Waals surface area (Å²) in [4.78, 5) is 18.5. The number of H-pyrrole nitrogens is 1. The van der Waals surface area contributed by atoms with E-state index in [1.807, 2.05) is 23.1 Å². The van der Waals surface area contributed by atoms with E-state index in [0.717, 1.165) is 17.6 Å². The SMILES string of the molecule is CC(C)[C@H]1c2[nH]c3ccccc3c2CCN1C(=O)Nc1ccc(Cl)cc1. The number of fused-ring (bicyclic) bond motifs is 3. The molecule has 1 atom stereocenters. The number of anilines is 1. The lowest BCUT2D eigenvalue weighted by Gasteiger charge is -2.38. The van der Waals surface area contributed by atoms with Crippen molar-refractivity contribution in [2.24, 2.45) is 5.92 Å². The fourth-order valence-corrected chi connectivity index (χ4v) is 4.05. The van der Waals surface area contributed by atoms with Gasteiger partial charge in [0.05, 0.1) is 6.04 Å². The zero-order chi connectivity index (χ0) is 18.3. The van der Waals surface area contributed by atoms with Gasteiger partial charge in [0.25, 0.3) is 0 Å². The minimum Gasteiger partial charge on any atom is -0.356 e. The Labute approximate surface area is 158 Å². The first-order valence-corrected chi connectivity index (χ1v) is 9.35. The van der Waals surface area contributed by atoms with Crippen LogP contribution in [0.4, 0.5) is 10.5 Å². The summed E-state index contributed by atoms with van der Waals surface area (Å²) in [5.74, 6) is 0.304. The zero-order valence-corrected chi connectivity index (χ0v) is 15.7. The molecule has 3 aromatic rings. The van der Waals surface area contributed by atoms with Gasteiger partial charge in [-0.05, 0) is 48.2 Å². The third kappa shape index (κ3) is 2.95. The molecule has 0 unspecified atom stereocenters. The van der Waals surface area contributed by atoms with E-state index in [4.69, 9.17) is 11.6 Å². The zero-order valence-electron chi connectivity index (χ0n) is 14.9. The standard InChI is InChI=1S/C21H22ClN3O/c1-13(2)20-19-17(16-5-3-4-6-18(16)24-19)11-12-25(20)21(26)23-15-9-7-14(22)8-10-15/h3-10,13,20,24H,11-12H2,1-2H3,(H,23,26)/t20-/m0/s1. The Hall–Kier alpha value is -2.46. The van der Waals surface area contributed by atoms with Crippen molar-refractivity contribution in [3.63, 3.8) is 0 Å². The minimum absolute atomic E-state index is 0.0263. The Bertz CT molecular complexity index is 946. The maximum absolute atomic E-state index is 13.0. The lowest BCUT2D eigenvalue weighted by Crippen LogP contribution is -2.44. The first kappa shape index (κ1) is 17.0. The van der Waals surface area contributed by atoms with E-state index in [1.54, 1.807) is 12.1 Å². The molecule has 2 aromatic carbocycles. The molecule has 2 N–H and O–H groups in total.